The van der Waals surface area contributed by atoms with Gasteiger partial charge in [0, 0.05) is 17.7 Å². The zero-order valence-electron chi connectivity index (χ0n) is 21.3. The van der Waals surface area contributed by atoms with Crippen molar-refractivity contribution in [3.63, 3.8) is 0 Å². The molecule has 0 saturated carbocycles. The highest BCUT2D eigenvalue weighted by Crippen LogP contribution is 2.42. The van der Waals surface area contributed by atoms with Crippen molar-refractivity contribution in [1.82, 2.24) is 9.36 Å². The second-order valence-electron chi connectivity index (χ2n) is 9.06. The van der Waals surface area contributed by atoms with Gasteiger partial charge >= 0.3 is 6.18 Å². The molecular weight excluding hydrogens is 511 g/mol. The maximum Gasteiger partial charge on any atom is 0.416 e. The molecule has 0 radical (unpaired) electrons. The van der Waals surface area contributed by atoms with Crippen molar-refractivity contribution in [2.45, 2.75) is 39.4 Å². The fraction of sp³-hybridized carbons (Fsp3) is 0.241. The number of alkyl halides is 3. The third-order valence-electron chi connectivity index (χ3n) is 6.47. The number of rotatable bonds is 7. The molecule has 0 bridgehead atoms. The van der Waals surface area contributed by atoms with Crippen LogP contribution in [0.15, 0.2) is 71.5 Å². The van der Waals surface area contributed by atoms with Crippen LogP contribution in [0, 0.1) is 0 Å². The number of para-hydroxylation sites is 1. The quantitative estimate of drug-likeness (QED) is 0.278. The number of aromatic nitrogens is 2. The number of aryl methyl sites for hydroxylation is 1. The topological polar surface area (TPSA) is 74.5 Å². The number of carbonyl (C=O) groups excluding carboxylic acids is 1. The van der Waals surface area contributed by atoms with Crippen molar-refractivity contribution in [2.24, 2.45) is 0 Å². The molecule has 0 aliphatic carbocycles. The lowest BCUT2D eigenvalue weighted by molar-refractivity contribution is -0.137. The number of fused-ring (bicyclic) bond motifs is 2. The number of halogens is 3. The van der Waals surface area contributed by atoms with Gasteiger partial charge in [-0.05, 0) is 55.3 Å². The first kappa shape index (κ1) is 26.1. The van der Waals surface area contributed by atoms with E-state index in [1.165, 1.54) is 21.5 Å². The van der Waals surface area contributed by atoms with Crippen molar-refractivity contribution in [2.75, 3.05) is 11.9 Å². The summed E-state index contributed by atoms with van der Waals surface area (Å²) in [6, 6.07) is 17.2. The molecule has 4 aromatic rings. The molecule has 2 heterocycles. The zero-order chi connectivity index (χ0) is 27.7. The molecule has 1 amide bonds. The number of nitrogens with one attached hydrogen (secondary N) is 1. The van der Waals surface area contributed by atoms with Gasteiger partial charge in [-0.2, -0.15) is 13.2 Å². The van der Waals surface area contributed by atoms with Crippen LogP contribution in [0.5, 0.6) is 17.4 Å². The summed E-state index contributed by atoms with van der Waals surface area (Å²) in [5, 5.41) is 2.51. The summed E-state index contributed by atoms with van der Waals surface area (Å²) in [5.74, 6) is 0.516. The van der Waals surface area contributed by atoms with Crippen molar-refractivity contribution >= 4 is 11.6 Å². The fourth-order valence-electron chi connectivity index (χ4n) is 4.60. The Bertz CT molecular complexity index is 1590. The minimum Gasteiger partial charge on any atom is -0.490 e. The summed E-state index contributed by atoms with van der Waals surface area (Å²) in [6.45, 7) is 3.88. The molecule has 3 aromatic carbocycles. The standard InChI is InChI=1S/C29H26F3N3O4/c1-3-18-11-13-22(14-12-18)35-27(37)23-15-19-7-5-10-24(38-4-2)26(19)39-28(23)34(35)17-25(36)33-21-9-6-8-20(16-21)29(30,31)32/h5-14,16H,3-4,15,17H2,1-2H3,(H,33,36). The first-order chi connectivity index (χ1) is 18.7. The average molecular weight is 538 g/mol. The Morgan fingerprint density at radius 2 is 1.79 bits per heavy atom. The number of ether oxygens (including phenoxy) is 2. The Hall–Kier alpha value is -4.47. The van der Waals surface area contributed by atoms with Gasteiger partial charge in [0.15, 0.2) is 11.5 Å². The van der Waals surface area contributed by atoms with Gasteiger partial charge in [-0.3, -0.25) is 9.59 Å². The maximum atomic E-state index is 13.7. The highest BCUT2D eigenvalue weighted by atomic mass is 19.4. The monoisotopic (exact) mass is 537 g/mol. The van der Waals surface area contributed by atoms with Gasteiger partial charge in [-0.15, -0.1) is 0 Å². The van der Waals surface area contributed by atoms with E-state index >= 15 is 0 Å². The molecule has 1 N–H and O–H groups in total. The van der Waals surface area contributed by atoms with Crippen LogP contribution in [0.4, 0.5) is 18.9 Å². The molecular formula is C29H26F3N3O4. The molecule has 0 atom stereocenters. The van der Waals surface area contributed by atoms with Crippen molar-refractivity contribution in [3.8, 4) is 23.1 Å². The first-order valence-corrected chi connectivity index (χ1v) is 12.5. The van der Waals surface area contributed by atoms with Gasteiger partial charge in [0.05, 0.1) is 23.4 Å². The Balaban J connectivity index is 1.56. The van der Waals surface area contributed by atoms with Crippen LogP contribution >= 0.6 is 0 Å². The number of hydrogen-bond acceptors (Lipinski definition) is 4. The lowest BCUT2D eigenvalue weighted by Gasteiger charge is -2.21. The van der Waals surface area contributed by atoms with Gasteiger partial charge in [0.2, 0.25) is 11.8 Å². The number of amides is 1. The van der Waals surface area contributed by atoms with E-state index in [1.54, 1.807) is 18.2 Å². The SMILES string of the molecule is CCOc1cccc2c1Oc1c(c(=O)n(-c3ccc(CC)cc3)n1CC(=O)Nc1cccc(C(F)(F)F)c1)C2. The van der Waals surface area contributed by atoms with Crippen LogP contribution in [0.25, 0.3) is 5.69 Å². The summed E-state index contributed by atoms with van der Waals surface area (Å²) in [4.78, 5) is 26.8. The fourth-order valence-corrected chi connectivity index (χ4v) is 4.60. The third kappa shape index (κ3) is 5.14. The van der Waals surface area contributed by atoms with E-state index in [0.717, 1.165) is 29.7 Å². The molecule has 0 spiro atoms. The normalized spacial score (nSPS) is 12.3. The number of nitrogens with zero attached hydrogens (tertiary/aromatic N) is 2. The Morgan fingerprint density at radius 3 is 2.49 bits per heavy atom. The Morgan fingerprint density at radius 1 is 1.05 bits per heavy atom. The number of anilines is 1. The maximum absolute atomic E-state index is 13.7. The summed E-state index contributed by atoms with van der Waals surface area (Å²) in [7, 11) is 0. The highest BCUT2D eigenvalue weighted by Gasteiger charge is 2.32. The molecule has 10 heteroatoms. The van der Waals surface area contributed by atoms with Crippen molar-refractivity contribution in [3.05, 3.63) is 99.3 Å². The summed E-state index contributed by atoms with van der Waals surface area (Å²) in [6.07, 6.45) is -3.48. The van der Waals surface area contributed by atoms with Crippen LogP contribution in [0.3, 0.4) is 0 Å². The van der Waals surface area contributed by atoms with Gasteiger partial charge in [-0.25, -0.2) is 9.36 Å². The second-order valence-corrected chi connectivity index (χ2v) is 9.06. The lowest BCUT2D eigenvalue weighted by Crippen LogP contribution is -2.27. The highest BCUT2D eigenvalue weighted by molar-refractivity contribution is 5.90. The molecule has 5 rings (SSSR count). The van der Waals surface area contributed by atoms with E-state index in [-0.39, 0.29) is 30.1 Å². The molecule has 1 aromatic heterocycles. The molecule has 0 fully saturated rings. The summed E-state index contributed by atoms with van der Waals surface area (Å²) >= 11 is 0. The second kappa shape index (κ2) is 10.4. The largest absolute Gasteiger partial charge is 0.490 e. The lowest BCUT2D eigenvalue weighted by atomic mass is 10.0. The molecule has 202 valence electrons. The van der Waals surface area contributed by atoms with Crippen LogP contribution in [-0.4, -0.2) is 21.9 Å². The molecule has 0 saturated heterocycles. The number of carbonyl (C=O) groups is 1. The number of hydrogen-bond donors (Lipinski definition) is 1. The predicted molar refractivity (Wildman–Crippen MR) is 140 cm³/mol. The number of benzene rings is 3. The Kier molecular flexibility index (Phi) is 6.94. The Labute approximate surface area is 222 Å². The summed E-state index contributed by atoms with van der Waals surface area (Å²) < 4.78 is 54.2. The smallest absolute Gasteiger partial charge is 0.416 e. The van der Waals surface area contributed by atoms with E-state index in [1.807, 2.05) is 38.1 Å². The predicted octanol–water partition coefficient (Wildman–Crippen LogP) is 5.95. The van der Waals surface area contributed by atoms with Crippen molar-refractivity contribution < 1.29 is 27.4 Å². The van der Waals surface area contributed by atoms with E-state index < -0.39 is 17.6 Å². The zero-order valence-corrected chi connectivity index (χ0v) is 21.3. The van der Waals surface area contributed by atoms with E-state index in [0.29, 0.717) is 29.4 Å². The van der Waals surface area contributed by atoms with E-state index in [9.17, 15) is 22.8 Å². The van der Waals surface area contributed by atoms with E-state index in [2.05, 4.69) is 5.32 Å². The molecule has 7 nitrogen and oxygen atoms in total. The minimum atomic E-state index is -4.55. The summed E-state index contributed by atoms with van der Waals surface area (Å²) in [5.41, 5.74) is 1.48. The van der Waals surface area contributed by atoms with E-state index in [4.69, 9.17) is 9.47 Å². The van der Waals surface area contributed by atoms with Crippen LogP contribution in [-0.2, 0) is 30.4 Å². The van der Waals surface area contributed by atoms with Gasteiger partial charge in [0.25, 0.3) is 5.56 Å². The average Bonchev–Trinajstić information content (AvgIpc) is 3.17. The van der Waals surface area contributed by atoms with Crippen LogP contribution in [0.2, 0.25) is 0 Å². The molecule has 1 aliphatic heterocycles. The van der Waals surface area contributed by atoms with Gasteiger partial charge in [-0.1, -0.05) is 37.3 Å². The molecule has 39 heavy (non-hydrogen) atoms. The molecule has 0 unspecified atom stereocenters. The van der Waals surface area contributed by atoms with Gasteiger partial charge in [0.1, 0.15) is 6.54 Å². The van der Waals surface area contributed by atoms with Gasteiger partial charge < -0.3 is 14.8 Å². The van der Waals surface area contributed by atoms with Crippen LogP contribution < -0.4 is 20.3 Å². The third-order valence-corrected chi connectivity index (χ3v) is 6.47. The molecule has 1 aliphatic rings. The van der Waals surface area contributed by atoms with Crippen LogP contribution in [0.1, 0.15) is 36.1 Å². The van der Waals surface area contributed by atoms with Crippen molar-refractivity contribution in [1.29, 1.82) is 0 Å². The first-order valence-electron chi connectivity index (χ1n) is 12.5. The minimum absolute atomic E-state index is 0.0121.